The van der Waals surface area contributed by atoms with Crippen LogP contribution in [-0.4, -0.2) is 54.0 Å². The second-order valence-electron chi connectivity index (χ2n) is 6.20. The van der Waals surface area contributed by atoms with Crippen molar-refractivity contribution in [3.05, 3.63) is 11.8 Å². The molecule has 1 atom stereocenters. The second-order valence-corrected chi connectivity index (χ2v) is 6.20. The zero-order valence-electron chi connectivity index (χ0n) is 12.7. The molecule has 5 nitrogen and oxygen atoms in total. The van der Waals surface area contributed by atoms with E-state index < -0.39 is 5.60 Å². The number of rotatable bonds is 1. The predicted molar refractivity (Wildman–Crippen MR) is 73.8 cm³/mol. The minimum Gasteiger partial charge on any atom is -0.444 e. The van der Waals surface area contributed by atoms with Crippen LogP contribution in [0.3, 0.4) is 0 Å². The van der Waals surface area contributed by atoms with Crippen LogP contribution < -0.4 is 0 Å². The number of Topliss-reactive ketones (excluding diaryl/α,β-unsaturated/α-hetero) is 1. The molecule has 1 aliphatic rings. The van der Waals surface area contributed by atoms with Gasteiger partial charge in [0.15, 0.2) is 5.78 Å². The SMILES string of the molecule is CC1CC(=O)/C(=C\N(C)C)CN1C(=O)OC(C)(C)C. The summed E-state index contributed by atoms with van der Waals surface area (Å²) in [4.78, 5) is 27.5. The lowest BCUT2D eigenvalue weighted by Gasteiger charge is -2.35. The number of likely N-dealkylation sites (tertiary alicyclic amines) is 1. The van der Waals surface area contributed by atoms with Crippen LogP contribution in [0.5, 0.6) is 0 Å². The maximum atomic E-state index is 12.1. The van der Waals surface area contributed by atoms with Crippen molar-refractivity contribution in [2.24, 2.45) is 0 Å². The van der Waals surface area contributed by atoms with E-state index in [0.29, 0.717) is 18.5 Å². The Hall–Kier alpha value is -1.52. The normalized spacial score (nSPS) is 22.6. The summed E-state index contributed by atoms with van der Waals surface area (Å²) in [5.74, 6) is 0.0982. The first kappa shape index (κ1) is 15.5. The number of carbonyl (C=O) groups excluding carboxylic acids is 2. The van der Waals surface area contributed by atoms with E-state index in [1.807, 2.05) is 46.7 Å². The van der Waals surface area contributed by atoms with Gasteiger partial charge in [-0.1, -0.05) is 0 Å². The fraction of sp³-hybridized carbons (Fsp3) is 0.714. The molecule has 1 heterocycles. The third kappa shape index (κ3) is 4.58. The number of piperidine rings is 1. The fourth-order valence-corrected chi connectivity index (χ4v) is 1.93. The number of nitrogens with zero attached hydrogens (tertiary/aromatic N) is 2. The highest BCUT2D eigenvalue weighted by Gasteiger charge is 2.33. The molecule has 0 radical (unpaired) electrons. The minimum atomic E-state index is -0.524. The van der Waals surface area contributed by atoms with Crippen LogP contribution in [0.4, 0.5) is 4.79 Å². The average molecular weight is 268 g/mol. The largest absolute Gasteiger partial charge is 0.444 e. The summed E-state index contributed by atoms with van der Waals surface area (Å²) in [5.41, 5.74) is 0.123. The molecule has 0 N–H and O–H groups in total. The quantitative estimate of drug-likeness (QED) is 0.683. The summed E-state index contributed by atoms with van der Waals surface area (Å²) >= 11 is 0. The minimum absolute atomic E-state index is 0.0982. The smallest absolute Gasteiger partial charge is 0.410 e. The van der Waals surface area contributed by atoms with Gasteiger partial charge in [0.05, 0.1) is 6.54 Å². The standard InChI is InChI=1S/C14H24N2O3/c1-10-7-12(17)11(8-15(5)6)9-16(10)13(18)19-14(2,3)4/h8,10H,7,9H2,1-6H3/b11-8-. The number of hydrogen-bond acceptors (Lipinski definition) is 4. The maximum Gasteiger partial charge on any atom is 0.410 e. The zero-order chi connectivity index (χ0) is 14.8. The molecule has 5 heteroatoms. The van der Waals surface area contributed by atoms with E-state index >= 15 is 0 Å². The van der Waals surface area contributed by atoms with Crippen LogP contribution in [0, 0.1) is 0 Å². The van der Waals surface area contributed by atoms with Gasteiger partial charge >= 0.3 is 6.09 Å². The van der Waals surface area contributed by atoms with Crippen LogP contribution in [0.25, 0.3) is 0 Å². The molecule has 0 aromatic rings. The Kier molecular flexibility index (Phi) is 4.61. The Morgan fingerprint density at radius 1 is 1.42 bits per heavy atom. The molecule has 1 saturated heterocycles. The van der Waals surface area contributed by atoms with E-state index in [9.17, 15) is 9.59 Å². The Labute approximate surface area is 115 Å². The molecule has 1 aliphatic heterocycles. The predicted octanol–water partition coefficient (Wildman–Crippen LogP) is 2.03. The number of ketones is 1. The Bertz CT molecular complexity index is 394. The van der Waals surface area contributed by atoms with Gasteiger partial charge in [-0.3, -0.25) is 4.79 Å². The van der Waals surface area contributed by atoms with Crippen molar-refractivity contribution in [3.63, 3.8) is 0 Å². The Morgan fingerprint density at radius 2 is 2.00 bits per heavy atom. The summed E-state index contributed by atoms with van der Waals surface area (Å²) in [7, 11) is 3.71. The zero-order valence-corrected chi connectivity index (χ0v) is 12.7. The molecule has 108 valence electrons. The first-order valence-electron chi connectivity index (χ1n) is 6.50. The Balaban J connectivity index is 2.84. The van der Waals surface area contributed by atoms with Crippen LogP contribution in [0.15, 0.2) is 11.8 Å². The number of amides is 1. The van der Waals surface area contributed by atoms with Gasteiger partial charge in [-0.15, -0.1) is 0 Å². The second kappa shape index (κ2) is 5.63. The first-order valence-corrected chi connectivity index (χ1v) is 6.50. The molecular formula is C14H24N2O3. The molecule has 1 amide bonds. The molecule has 0 saturated carbocycles. The molecule has 1 fully saturated rings. The van der Waals surface area contributed by atoms with Gasteiger partial charge in [-0.05, 0) is 27.7 Å². The fourth-order valence-electron chi connectivity index (χ4n) is 1.93. The lowest BCUT2D eigenvalue weighted by Crippen LogP contribution is -2.48. The van der Waals surface area contributed by atoms with Crippen molar-refractivity contribution < 1.29 is 14.3 Å². The molecule has 0 aromatic carbocycles. The summed E-state index contributed by atoms with van der Waals surface area (Å²) in [6.07, 6.45) is 1.75. The van der Waals surface area contributed by atoms with Crippen LogP contribution >= 0.6 is 0 Å². The number of hydrogen-bond donors (Lipinski definition) is 0. The van der Waals surface area contributed by atoms with E-state index in [2.05, 4.69) is 0 Å². The highest BCUT2D eigenvalue weighted by atomic mass is 16.6. The highest BCUT2D eigenvalue weighted by molar-refractivity contribution is 5.97. The van der Waals surface area contributed by atoms with Crippen molar-refractivity contribution in [2.75, 3.05) is 20.6 Å². The van der Waals surface area contributed by atoms with Crippen LogP contribution in [0.2, 0.25) is 0 Å². The molecule has 0 aromatic heterocycles. The lowest BCUT2D eigenvalue weighted by atomic mass is 9.98. The molecule has 0 bridgehead atoms. The van der Waals surface area contributed by atoms with Gasteiger partial charge in [-0.2, -0.15) is 0 Å². The number of ether oxygens (including phenoxy) is 1. The van der Waals surface area contributed by atoms with Crippen molar-refractivity contribution >= 4 is 11.9 Å². The molecule has 1 rings (SSSR count). The van der Waals surface area contributed by atoms with Gasteiger partial charge in [0, 0.05) is 38.3 Å². The average Bonchev–Trinajstić information content (AvgIpc) is 2.18. The van der Waals surface area contributed by atoms with Crippen molar-refractivity contribution in [3.8, 4) is 0 Å². The first-order chi connectivity index (χ1) is 8.60. The molecular weight excluding hydrogens is 244 g/mol. The molecule has 0 spiro atoms. The van der Waals surface area contributed by atoms with Gasteiger partial charge in [0.25, 0.3) is 0 Å². The monoisotopic (exact) mass is 268 g/mol. The third-order valence-electron chi connectivity index (χ3n) is 2.75. The van der Waals surface area contributed by atoms with Gasteiger partial charge in [0.2, 0.25) is 0 Å². The molecule has 0 aliphatic carbocycles. The van der Waals surface area contributed by atoms with Crippen molar-refractivity contribution in [1.29, 1.82) is 0 Å². The third-order valence-corrected chi connectivity index (χ3v) is 2.75. The summed E-state index contributed by atoms with van der Waals surface area (Å²) in [6, 6.07) is -0.123. The molecule has 19 heavy (non-hydrogen) atoms. The van der Waals surface area contributed by atoms with E-state index in [1.54, 1.807) is 11.1 Å². The number of carbonyl (C=O) groups is 2. The highest BCUT2D eigenvalue weighted by Crippen LogP contribution is 2.21. The molecule has 1 unspecified atom stereocenters. The topological polar surface area (TPSA) is 49.9 Å². The van der Waals surface area contributed by atoms with Gasteiger partial charge < -0.3 is 14.5 Å². The van der Waals surface area contributed by atoms with Crippen LogP contribution in [0.1, 0.15) is 34.1 Å². The summed E-state index contributed by atoms with van der Waals surface area (Å²) in [5, 5.41) is 0. The summed E-state index contributed by atoms with van der Waals surface area (Å²) < 4.78 is 5.37. The Morgan fingerprint density at radius 3 is 2.47 bits per heavy atom. The van der Waals surface area contributed by atoms with E-state index in [4.69, 9.17) is 4.74 Å². The lowest BCUT2D eigenvalue weighted by molar-refractivity contribution is -0.118. The van der Waals surface area contributed by atoms with Crippen molar-refractivity contribution in [1.82, 2.24) is 9.80 Å². The van der Waals surface area contributed by atoms with Crippen molar-refractivity contribution in [2.45, 2.75) is 45.8 Å². The van der Waals surface area contributed by atoms with Gasteiger partial charge in [0.1, 0.15) is 5.60 Å². The summed E-state index contributed by atoms with van der Waals surface area (Å²) in [6.45, 7) is 7.69. The van der Waals surface area contributed by atoms with E-state index in [1.165, 1.54) is 0 Å². The van der Waals surface area contributed by atoms with E-state index in [-0.39, 0.29) is 17.9 Å². The maximum absolute atomic E-state index is 12.1. The van der Waals surface area contributed by atoms with E-state index in [0.717, 1.165) is 0 Å². The van der Waals surface area contributed by atoms with Gasteiger partial charge in [-0.25, -0.2) is 4.79 Å². The van der Waals surface area contributed by atoms with Crippen LogP contribution in [-0.2, 0) is 9.53 Å².